The molecule has 0 heterocycles. The minimum absolute atomic E-state index is 0. The summed E-state index contributed by atoms with van der Waals surface area (Å²) < 4.78 is 0. The number of rotatable bonds is 7. The first kappa shape index (κ1) is 45.7. The van der Waals surface area contributed by atoms with E-state index in [1.54, 1.807) is 0 Å². The van der Waals surface area contributed by atoms with Crippen molar-refractivity contribution in [1.29, 1.82) is 0 Å². The van der Waals surface area contributed by atoms with Crippen LogP contribution in [0.3, 0.4) is 0 Å². The molecule has 0 amide bonds. The van der Waals surface area contributed by atoms with Crippen molar-refractivity contribution in [2.45, 2.75) is 76.0 Å². The van der Waals surface area contributed by atoms with Gasteiger partial charge in [0.05, 0.1) is 0 Å². The fourth-order valence-corrected chi connectivity index (χ4v) is 7.28. The van der Waals surface area contributed by atoms with Gasteiger partial charge in [-0.05, 0) is 75.8 Å². The van der Waals surface area contributed by atoms with Crippen molar-refractivity contribution in [1.82, 2.24) is 0 Å². The smallest absolute Gasteiger partial charge is 0.358 e. The van der Waals surface area contributed by atoms with Crippen LogP contribution in [0.2, 0.25) is 0 Å². The Bertz CT molecular complexity index is 1660. The molecule has 244 valence electrons. The van der Waals surface area contributed by atoms with Crippen LogP contribution in [0, 0.1) is 21.8 Å². The Hall–Kier alpha value is -2.37. The van der Waals surface area contributed by atoms with Gasteiger partial charge in [0.25, 0.3) is 0 Å². The van der Waals surface area contributed by atoms with Gasteiger partial charge in [0, 0.05) is 23.7 Å². The second-order valence-electron chi connectivity index (χ2n) is 12.8. The molecule has 0 saturated carbocycles. The van der Waals surface area contributed by atoms with Gasteiger partial charge in [0.2, 0.25) is 0 Å². The fraction of sp³-hybridized carbons (Fsp3) is 0.255. The zero-order valence-corrected chi connectivity index (χ0v) is 32.0. The topological polar surface area (TPSA) is 0 Å². The molecule has 4 atom stereocenters. The van der Waals surface area contributed by atoms with E-state index in [-0.39, 0.29) is 71.4 Å². The molecule has 3 heteroatoms. The maximum absolute atomic E-state index is 3.60. The summed E-state index contributed by atoms with van der Waals surface area (Å²) in [6.07, 6.45) is 23.5. The van der Waals surface area contributed by atoms with E-state index in [0.717, 1.165) is 6.42 Å². The normalized spacial score (nSPS) is 18.7. The molecule has 4 aromatic carbocycles. The quantitative estimate of drug-likeness (QED) is 0.204. The Labute approximate surface area is 341 Å². The van der Waals surface area contributed by atoms with Crippen molar-refractivity contribution in [2.75, 3.05) is 0 Å². The molecule has 8 rings (SSSR count). The van der Waals surface area contributed by atoms with Crippen LogP contribution in [0.1, 0.15) is 121 Å². The van der Waals surface area contributed by atoms with Gasteiger partial charge >= 0.3 is 56.6 Å². The van der Waals surface area contributed by atoms with Gasteiger partial charge in [-0.1, -0.05) is 160 Å². The standard InChI is InChI=1S/C21H20.C20H18.C4H9.2CH3.3Li/c1-15-14-18(21-9-5-4-7-19(15)21)13-12-17-11-10-16-6-2-3-8-20(16)17;1-3-7-19-15(5-1)9-11-17(19)13-14-18-12-10-16-6-2-4-8-20(16)18;1-3-4-2;;;;;/h2-11,14-15,17H,12-13H2,1H3;1-12,17-18H,13-14H2;1,3-4H2,2H3;2*1H3;;;/q;;3*-1;3*+1. The molecule has 0 nitrogen and oxygen atoms in total. The van der Waals surface area contributed by atoms with Crippen molar-refractivity contribution in [3.8, 4) is 0 Å². The first-order valence-corrected chi connectivity index (χ1v) is 17.1. The molecule has 0 aliphatic heterocycles. The van der Waals surface area contributed by atoms with Crippen molar-refractivity contribution in [3.05, 3.63) is 188 Å². The summed E-state index contributed by atoms with van der Waals surface area (Å²) in [5, 5.41) is 0. The van der Waals surface area contributed by atoms with Gasteiger partial charge in [-0.2, -0.15) is 6.42 Å². The van der Waals surface area contributed by atoms with E-state index in [4.69, 9.17) is 0 Å². The first-order valence-electron chi connectivity index (χ1n) is 17.1. The molecular weight excluding hydrogens is 585 g/mol. The zero-order valence-electron chi connectivity index (χ0n) is 32.0. The van der Waals surface area contributed by atoms with Crippen molar-refractivity contribution >= 4 is 23.8 Å². The van der Waals surface area contributed by atoms with E-state index in [1.807, 2.05) is 0 Å². The summed E-state index contributed by atoms with van der Waals surface area (Å²) >= 11 is 0. The summed E-state index contributed by atoms with van der Waals surface area (Å²) in [5.41, 5.74) is 13.2. The average molecular weight is 639 g/mol. The number of hydrogen-bond acceptors (Lipinski definition) is 0. The molecule has 4 aromatic rings. The molecule has 50 heavy (non-hydrogen) atoms. The molecule has 0 fully saturated rings. The largest absolute Gasteiger partial charge is 1.00 e. The van der Waals surface area contributed by atoms with Crippen LogP contribution in [0.15, 0.2) is 121 Å². The number of allylic oxidation sites excluding steroid dienone is 5. The third kappa shape index (κ3) is 10.8. The van der Waals surface area contributed by atoms with E-state index < -0.39 is 0 Å². The zero-order chi connectivity index (χ0) is 31.0. The Morgan fingerprint density at radius 2 is 0.880 bits per heavy atom. The number of fused-ring (bicyclic) bond motifs is 4. The van der Waals surface area contributed by atoms with Crippen molar-refractivity contribution < 1.29 is 56.6 Å². The van der Waals surface area contributed by atoms with E-state index in [1.165, 1.54) is 82.2 Å². The molecule has 0 spiro atoms. The molecule has 0 saturated heterocycles. The Morgan fingerprint density at radius 1 is 0.520 bits per heavy atom. The van der Waals surface area contributed by atoms with Crippen LogP contribution >= 0.6 is 0 Å². The maximum atomic E-state index is 3.60. The Kier molecular flexibility index (Phi) is 20.6. The Morgan fingerprint density at radius 3 is 1.30 bits per heavy atom. The summed E-state index contributed by atoms with van der Waals surface area (Å²) in [6, 6.07) is 35.2. The molecule has 4 aliphatic rings. The fourth-order valence-electron chi connectivity index (χ4n) is 7.28. The second kappa shape index (κ2) is 22.5. The van der Waals surface area contributed by atoms with Crippen LogP contribution in [0.4, 0.5) is 0 Å². The predicted molar refractivity (Wildman–Crippen MR) is 209 cm³/mol. The first-order chi connectivity index (χ1) is 22.2. The van der Waals surface area contributed by atoms with Gasteiger partial charge in [0.15, 0.2) is 0 Å². The molecule has 4 aliphatic carbocycles. The van der Waals surface area contributed by atoms with Gasteiger partial charge in [-0.25, -0.2) is 0 Å². The monoisotopic (exact) mass is 638 g/mol. The third-order valence-electron chi connectivity index (χ3n) is 9.83. The van der Waals surface area contributed by atoms with Crippen LogP contribution in [-0.4, -0.2) is 0 Å². The van der Waals surface area contributed by atoms with Gasteiger partial charge in [-0.3, -0.25) is 0 Å². The SMILES string of the molecule is C1=CC(CCC2C=Cc3ccccc32)c2ccccc21.CC1C=C(CCC2C=Cc3ccccc32)c2ccccc21.[CH2-]CCC.[CH3-].[CH3-].[Li+].[Li+].[Li+]. The van der Waals surface area contributed by atoms with Crippen LogP contribution in [0.25, 0.3) is 23.8 Å². The molecular formula is C47H53Li3. The van der Waals surface area contributed by atoms with Crippen LogP contribution in [0.5, 0.6) is 0 Å². The second-order valence-corrected chi connectivity index (χ2v) is 12.8. The van der Waals surface area contributed by atoms with E-state index >= 15 is 0 Å². The number of hydrogen-bond donors (Lipinski definition) is 0. The maximum Gasteiger partial charge on any atom is 1.00 e. The number of unbranched alkanes of at least 4 members (excludes halogenated alkanes) is 1. The van der Waals surface area contributed by atoms with E-state index in [2.05, 4.69) is 160 Å². The Balaban J connectivity index is 0.000000415. The predicted octanol–water partition coefficient (Wildman–Crippen LogP) is 4.70. The van der Waals surface area contributed by atoms with Gasteiger partial charge in [0.1, 0.15) is 0 Å². The minimum atomic E-state index is 0. The minimum Gasteiger partial charge on any atom is -0.358 e. The summed E-state index contributed by atoms with van der Waals surface area (Å²) in [7, 11) is 0. The molecule has 0 N–H and O–H groups in total. The molecule has 0 aromatic heterocycles. The average Bonchev–Trinajstić information content (AvgIpc) is 3.88. The molecule has 4 unspecified atom stereocenters. The van der Waals surface area contributed by atoms with Crippen LogP contribution in [-0.2, 0) is 0 Å². The van der Waals surface area contributed by atoms with Crippen molar-refractivity contribution in [3.63, 3.8) is 0 Å². The summed E-state index contributed by atoms with van der Waals surface area (Å²) in [6.45, 7) is 8.02. The molecule has 0 bridgehead atoms. The summed E-state index contributed by atoms with van der Waals surface area (Å²) in [5.74, 6) is 2.37. The summed E-state index contributed by atoms with van der Waals surface area (Å²) in [4.78, 5) is 0. The molecule has 0 radical (unpaired) electrons. The third-order valence-corrected chi connectivity index (χ3v) is 9.83. The van der Waals surface area contributed by atoms with Crippen LogP contribution < -0.4 is 56.6 Å². The van der Waals surface area contributed by atoms with E-state index in [9.17, 15) is 0 Å². The van der Waals surface area contributed by atoms with Gasteiger partial charge < -0.3 is 21.8 Å². The number of benzene rings is 4. The van der Waals surface area contributed by atoms with Crippen molar-refractivity contribution in [2.24, 2.45) is 0 Å². The van der Waals surface area contributed by atoms with Gasteiger partial charge in [-0.15, -0.1) is 0 Å². The van der Waals surface area contributed by atoms with E-state index in [0.29, 0.717) is 23.7 Å².